The van der Waals surface area contributed by atoms with Gasteiger partial charge in [-0.2, -0.15) is 0 Å². The van der Waals surface area contributed by atoms with Gasteiger partial charge in [-0.1, -0.05) is 13.3 Å². The average Bonchev–Trinajstić information content (AvgIpc) is 2.76. The summed E-state index contributed by atoms with van der Waals surface area (Å²) in [7, 11) is 0. The van der Waals surface area contributed by atoms with Gasteiger partial charge < -0.3 is 19.7 Å². The molecule has 2 rings (SSSR count). The standard InChI is InChI=1S/C13H24O4/c1-2-3-11(14)12(15)10-4-6-17-13(8-10)5-7-16-9-13/h10-12,14-15H,2-9H2,1H3. The fraction of sp³-hybridized carbons (Fsp3) is 1.00. The van der Waals surface area contributed by atoms with E-state index in [-0.39, 0.29) is 11.5 Å². The van der Waals surface area contributed by atoms with Gasteiger partial charge in [0.2, 0.25) is 0 Å². The van der Waals surface area contributed by atoms with Crippen molar-refractivity contribution in [1.29, 1.82) is 0 Å². The normalized spacial score (nSPS) is 37.2. The van der Waals surface area contributed by atoms with E-state index in [1.54, 1.807) is 0 Å². The van der Waals surface area contributed by atoms with Crippen LogP contribution in [0.2, 0.25) is 0 Å². The lowest BCUT2D eigenvalue weighted by Crippen LogP contribution is -2.46. The highest BCUT2D eigenvalue weighted by atomic mass is 16.6. The maximum absolute atomic E-state index is 10.2. The Morgan fingerprint density at radius 2 is 2.18 bits per heavy atom. The first kappa shape index (κ1) is 13.3. The summed E-state index contributed by atoms with van der Waals surface area (Å²) in [6.45, 7) is 4.08. The molecular formula is C13H24O4. The van der Waals surface area contributed by atoms with E-state index in [9.17, 15) is 10.2 Å². The van der Waals surface area contributed by atoms with E-state index >= 15 is 0 Å². The first-order valence-corrected chi connectivity index (χ1v) is 6.75. The van der Waals surface area contributed by atoms with Crippen LogP contribution in [-0.4, -0.2) is 47.8 Å². The highest BCUT2D eigenvalue weighted by Gasteiger charge is 2.43. The van der Waals surface area contributed by atoms with Gasteiger partial charge in [0, 0.05) is 19.6 Å². The molecule has 4 nitrogen and oxygen atoms in total. The Kier molecular flexibility index (Phi) is 4.42. The van der Waals surface area contributed by atoms with Crippen LogP contribution in [0.3, 0.4) is 0 Å². The summed E-state index contributed by atoms with van der Waals surface area (Å²) in [6.07, 6.45) is 2.93. The summed E-state index contributed by atoms with van der Waals surface area (Å²) in [4.78, 5) is 0. The Balaban J connectivity index is 1.92. The van der Waals surface area contributed by atoms with Crippen molar-refractivity contribution in [2.75, 3.05) is 19.8 Å². The van der Waals surface area contributed by atoms with E-state index in [4.69, 9.17) is 9.47 Å². The van der Waals surface area contributed by atoms with Crippen LogP contribution in [-0.2, 0) is 9.47 Å². The fourth-order valence-corrected chi connectivity index (χ4v) is 3.00. The van der Waals surface area contributed by atoms with E-state index in [1.165, 1.54) is 0 Å². The number of ether oxygens (including phenoxy) is 2. The molecule has 0 aromatic heterocycles. The van der Waals surface area contributed by atoms with E-state index in [1.807, 2.05) is 6.92 Å². The summed E-state index contributed by atoms with van der Waals surface area (Å²) in [6, 6.07) is 0. The van der Waals surface area contributed by atoms with Crippen molar-refractivity contribution >= 4 is 0 Å². The van der Waals surface area contributed by atoms with Gasteiger partial charge in [-0.25, -0.2) is 0 Å². The smallest absolute Gasteiger partial charge is 0.0940 e. The molecule has 0 amide bonds. The molecule has 2 fully saturated rings. The van der Waals surface area contributed by atoms with Crippen LogP contribution in [0.4, 0.5) is 0 Å². The van der Waals surface area contributed by atoms with Crippen molar-refractivity contribution in [1.82, 2.24) is 0 Å². The van der Waals surface area contributed by atoms with E-state index in [0.717, 1.165) is 32.3 Å². The zero-order valence-corrected chi connectivity index (χ0v) is 10.6. The van der Waals surface area contributed by atoms with Gasteiger partial charge >= 0.3 is 0 Å². The monoisotopic (exact) mass is 244 g/mol. The summed E-state index contributed by atoms with van der Waals surface area (Å²) in [5.41, 5.74) is -0.185. The van der Waals surface area contributed by atoms with E-state index < -0.39 is 12.2 Å². The number of rotatable bonds is 4. The molecule has 4 unspecified atom stereocenters. The average molecular weight is 244 g/mol. The Hall–Kier alpha value is -0.160. The first-order valence-electron chi connectivity index (χ1n) is 6.75. The lowest BCUT2D eigenvalue weighted by molar-refractivity contribution is -0.131. The highest BCUT2D eigenvalue weighted by molar-refractivity contribution is 4.93. The molecule has 0 aliphatic carbocycles. The van der Waals surface area contributed by atoms with Crippen LogP contribution < -0.4 is 0 Å². The third-order valence-electron chi connectivity index (χ3n) is 4.06. The topological polar surface area (TPSA) is 58.9 Å². The highest BCUT2D eigenvalue weighted by Crippen LogP contribution is 2.37. The van der Waals surface area contributed by atoms with Crippen molar-refractivity contribution in [3.8, 4) is 0 Å². The van der Waals surface area contributed by atoms with Crippen LogP contribution in [0.15, 0.2) is 0 Å². The molecule has 2 N–H and O–H groups in total. The van der Waals surface area contributed by atoms with Gasteiger partial charge in [0.25, 0.3) is 0 Å². The lowest BCUT2D eigenvalue weighted by atomic mass is 9.80. The van der Waals surface area contributed by atoms with Crippen LogP contribution >= 0.6 is 0 Å². The summed E-state index contributed by atoms with van der Waals surface area (Å²) < 4.78 is 11.2. The minimum absolute atomic E-state index is 0.145. The molecule has 2 saturated heterocycles. The Morgan fingerprint density at radius 1 is 1.35 bits per heavy atom. The summed E-state index contributed by atoms with van der Waals surface area (Å²) in [5, 5.41) is 20.0. The first-order chi connectivity index (χ1) is 8.17. The number of hydrogen-bond acceptors (Lipinski definition) is 4. The molecule has 4 heteroatoms. The predicted octanol–water partition coefficient (Wildman–Crippen LogP) is 1.09. The molecule has 1 spiro atoms. The maximum atomic E-state index is 10.2. The SMILES string of the molecule is CCCC(O)C(O)C1CCOC2(CCOC2)C1. The zero-order valence-electron chi connectivity index (χ0n) is 10.6. The second-order valence-electron chi connectivity index (χ2n) is 5.43. The van der Waals surface area contributed by atoms with Crippen molar-refractivity contribution in [2.24, 2.45) is 5.92 Å². The fourth-order valence-electron chi connectivity index (χ4n) is 3.00. The van der Waals surface area contributed by atoms with Gasteiger partial charge in [-0.15, -0.1) is 0 Å². The third-order valence-corrected chi connectivity index (χ3v) is 4.06. The van der Waals surface area contributed by atoms with Crippen LogP contribution in [0, 0.1) is 5.92 Å². The second kappa shape index (κ2) is 5.65. The zero-order chi connectivity index (χ0) is 12.3. The molecule has 0 saturated carbocycles. The Morgan fingerprint density at radius 3 is 2.82 bits per heavy atom. The molecule has 0 aromatic rings. The van der Waals surface area contributed by atoms with Crippen molar-refractivity contribution in [3.63, 3.8) is 0 Å². The molecule has 4 atom stereocenters. The molecule has 2 aliphatic heterocycles. The predicted molar refractivity (Wildman–Crippen MR) is 63.8 cm³/mol. The van der Waals surface area contributed by atoms with Crippen LogP contribution in [0.5, 0.6) is 0 Å². The molecule has 2 heterocycles. The van der Waals surface area contributed by atoms with Crippen LogP contribution in [0.25, 0.3) is 0 Å². The summed E-state index contributed by atoms with van der Waals surface area (Å²) >= 11 is 0. The third kappa shape index (κ3) is 2.99. The van der Waals surface area contributed by atoms with Gasteiger partial charge in [-0.3, -0.25) is 0 Å². The van der Waals surface area contributed by atoms with Crippen molar-refractivity contribution in [3.05, 3.63) is 0 Å². The van der Waals surface area contributed by atoms with Crippen molar-refractivity contribution < 1.29 is 19.7 Å². The minimum atomic E-state index is -0.615. The number of hydrogen-bond donors (Lipinski definition) is 2. The molecule has 0 bridgehead atoms. The van der Waals surface area contributed by atoms with Gasteiger partial charge in [0.15, 0.2) is 0 Å². The Bertz CT molecular complexity index is 238. The lowest BCUT2D eigenvalue weighted by Gasteiger charge is -2.39. The second-order valence-corrected chi connectivity index (χ2v) is 5.43. The minimum Gasteiger partial charge on any atom is -0.390 e. The van der Waals surface area contributed by atoms with Crippen LogP contribution in [0.1, 0.15) is 39.0 Å². The van der Waals surface area contributed by atoms with Crippen molar-refractivity contribution in [2.45, 2.75) is 56.8 Å². The molecule has 0 aromatic carbocycles. The van der Waals surface area contributed by atoms with Gasteiger partial charge in [-0.05, 0) is 25.2 Å². The largest absolute Gasteiger partial charge is 0.390 e. The maximum Gasteiger partial charge on any atom is 0.0940 e. The number of aliphatic hydroxyl groups is 2. The quantitative estimate of drug-likeness (QED) is 0.777. The van der Waals surface area contributed by atoms with Gasteiger partial charge in [0.05, 0.1) is 24.4 Å². The molecule has 17 heavy (non-hydrogen) atoms. The van der Waals surface area contributed by atoms with E-state index in [2.05, 4.69) is 0 Å². The Labute approximate surface area is 103 Å². The molecule has 0 radical (unpaired) electrons. The molecule has 100 valence electrons. The van der Waals surface area contributed by atoms with Gasteiger partial charge in [0.1, 0.15) is 0 Å². The summed E-state index contributed by atoms with van der Waals surface area (Å²) in [5.74, 6) is 0.145. The molecule has 2 aliphatic rings. The molecular weight excluding hydrogens is 220 g/mol. The van der Waals surface area contributed by atoms with E-state index in [0.29, 0.717) is 19.6 Å². The number of aliphatic hydroxyl groups excluding tert-OH is 2.